The van der Waals surface area contributed by atoms with Crippen LogP contribution in [0.1, 0.15) is 65.1 Å². The van der Waals surface area contributed by atoms with Crippen molar-refractivity contribution in [2.75, 3.05) is 6.54 Å². The molecule has 0 saturated heterocycles. The number of primary amides is 1. The molecule has 3 saturated carbocycles. The molecule has 188 valence electrons. The van der Waals surface area contributed by atoms with Crippen LogP contribution in [-0.2, 0) is 11.3 Å². The summed E-state index contributed by atoms with van der Waals surface area (Å²) >= 11 is 5.80. The molecule has 0 aliphatic heterocycles. The van der Waals surface area contributed by atoms with E-state index in [9.17, 15) is 18.8 Å². The largest absolute Gasteiger partial charge is 0.369 e. The molecular formula is C24H25ClFN7O3. The van der Waals surface area contributed by atoms with Gasteiger partial charge in [0, 0.05) is 24.6 Å². The van der Waals surface area contributed by atoms with E-state index in [1.165, 1.54) is 35.1 Å². The average Bonchev–Trinajstić information content (AvgIpc) is 3.37. The molecule has 3 amide bonds. The molecule has 4 N–H and O–H groups in total. The van der Waals surface area contributed by atoms with Gasteiger partial charge in [0.05, 0.1) is 5.02 Å². The molecule has 1 aromatic carbocycles. The molecule has 2 aromatic heterocycles. The molecule has 12 heteroatoms. The number of carbonyl (C=O) groups excluding carboxylic acids is 3. The Morgan fingerprint density at radius 2 is 1.78 bits per heavy atom. The van der Waals surface area contributed by atoms with Gasteiger partial charge in [0.25, 0.3) is 17.6 Å². The van der Waals surface area contributed by atoms with Crippen molar-refractivity contribution >= 4 is 35.1 Å². The highest BCUT2D eigenvalue weighted by atomic mass is 35.5. The molecule has 0 spiro atoms. The number of nitrogens with zero attached hydrogens (tertiary/aromatic N) is 4. The number of fused-ring (bicyclic) bond motifs is 4. The molecule has 3 aliphatic rings. The molecule has 3 fully saturated rings. The van der Waals surface area contributed by atoms with Crippen molar-refractivity contribution in [2.24, 2.45) is 16.6 Å². The lowest BCUT2D eigenvalue weighted by Gasteiger charge is -2.52. The van der Waals surface area contributed by atoms with Crippen LogP contribution in [0, 0.1) is 16.6 Å². The first-order valence-corrected chi connectivity index (χ1v) is 12.1. The fourth-order valence-electron chi connectivity index (χ4n) is 5.27. The maximum atomic E-state index is 13.4. The van der Waals surface area contributed by atoms with Gasteiger partial charge in [-0.25, -0.2) is 9.37 Å². The van der Waals surface area contributed by atoms with E-state index in [4.69, 9.17) is 17.3 Å². The maximum absolute atomic E-state index is 13.4. The second-order valence-electron chi connectivity index (χ2n) is 9.76. The van der Waals surface area contributed by atoms with E-state index in [0.717, 1.165) is 38.5 Å². The van der Waals surface area contributed by atoms with Gasteiger partial charge in [-0.05, 0) is 61.6 Å². The first-order valence-electron chi connectivity index (χ1n) is 11.7. The highest BCUT2D eigenvalue weighted by molar-refractivity contribution is 6.30. The van der Waals surface area contributed by atoms with Gasteiger partial charge in [0.1, 0.15) is 23.5 Å². The van der Waals surface area contributed by atoms with Crippen LogP contribution in [0.15, 0.2) is 30.6 Å². The van der Waals surface area contributed by atoms with Gasteiger partial charge in [-0.1, -0.05) is 17.7 Å². The predicted molar refractivity (Wildman–Crippen MR) is 127 cm³/mol. The van der Waals surface area contributed by atoms with E-state index in [-0.39, 0.29) is 40.1 Å². The van der Waals surface area contributed by atoms with Crippen molar-refractivity contribution < 1.29 is 18.8 Å². The summed E-state index contributed by atoms with van der Waals surface area (Å²) < 4.78 is 14.7. The summed E-state index contributed by atoms with van der Waals surface area (Å²) in [4.78, 5) is 46.1. The van der Waals surface area contributed by atoms with Gasteiger partial charge in [0.2, 0.25) is 5.91 Å². The highest BCUT2D eigenvalue weighted by Crippen LogP contribution is 2.56. The number of hydrogen-bond donors (Lipinski definition) is 3. The van der Waals surface area contributed by atoms with E-state index in [1.54, 1.807) is 0 Å². The maximum Gasteiger partial charge on any atom is 0.270 e. The molecule has 2 bridgehead atoms. The fourth-order valence-corrected chi connectivity index (χ4v) is 5.47. The summed E-state index contributed by atoms with van der Waals surface area (Å²) in [5.74, 6) is -1.60. The predicted octanol–water partition coefficient (Wildman–Crippen LogP) is 2.40. The second-order valence-corrected chi connectivity index (χ2v) is 10.2. The Hall–Kier alpha value is -3.60. The number of nitrogens with one attached hydrogen (secondary N) is 2. The van der Waals surface area contributed by atoms with Crippen LogP contribution in [0.3, 0.4) is 0 Å². The van der Waals surface area contributed by atoms with Gasteiger partial charge in [-0.3, -0.25) is 14.4 Å². The minimum absolute atomic E-state index is 0.00593. The third kappa shape index (κ3) is 4.39. The number of aromatic nitrogens is 4. The van der Waals surface area contributed by atoms with E-state index in [0.29, 0.717) is 12.1 Å². The summed E-state index contributed by atoms with van der Waals surface area (Å²) in [7, 11) is 0. The third-order valence-electron chi connectivity index (χ3n) is 7.70. The zero-order chi connectivity index (χ0) is 25.5. The number of amides is 3. The molecule has 0 radical (unpaired) electrons. The Labute approximate surface area is 210 Å². The van der Waals surface area contributed by atoms with Crippen molar-refractivity contribution in [1.82, 2.24) is 30.2 Å². The lowest BCUT2D eigenvalue weighted by atomic mass is 9.53. The Balaban J connectivity index is 1.29. The van der Waals surface area contributed by atoms with Crippen molar-refractivity contribution in [3.05, 3.63) is 58.4 Å². The molecule has 36 heavy (non-hydrogen) atoms. The number of rotatable bonds is 7. The molecule has 6 rings (SSSR count). The van der Waals surface area contributed by atoms with E-state index >= 15 is 0 Å². The first-order chi connectivity index (χ1) is 17.2. The standard InChI is InChI=1S/C24H25ClFN7O3/c25-15-9-14(1-2-16(15)26)11-28-19(34)17-10-18(33-22(32-17)30-13-31-33)20(35)29-12-23-3-6-24(7-4-23,8-5-23)21(27)36/h1-2,9-10,13H,3-8,11-12H2,(H2,27,36)(H,28,34)(H,29,35). The molecule has 0 atom stereocenters. The lowest BCUT2D eigenvalue weighted by Crippen LogP contribution is -2.52. The van der Waals surface area contributed by atoms with Crippen molar-refractivity contribution in [2.45, 2.75) is 45.1 Å². The fraction of sp³-hybridized carbons (Fsp3) is 0.417. The van der Waals surface area contributed by atoms with E-state index < -0.39 is 23.0 Å². The normalized spacial score (nSPS) is 22.9. The minimum atomic E-state index is -0.547. The number of nitrogens with two attached hydrogens (primary N) is 1. The minimum Gasteiger partial charge on any atom is -0.369 e. The Kier molecular flexibility index (Phi) is 6.11. The van der Waals surface area contributed by atoms with Crippen LogP contribution in [0.5, 0.6) is 0 Å². The van der Waals surface area contributed by atoms with Gasteiger partial charge < -0.3 is 16.4 Å². The van der Waals surface area contributed by atoms with Crippen molar-refractivity contribution in [1.29, 1.82) is 0 Å². The summed E-state index contributed by atoms with van der Waals surface area (Å²) in [5.41, 5.74) is 5.90. The summed E-state index contributed by atoms with van der Waals surface area (Å²) in [6, 6.07) is 5.52. The van der Waals surface area contributed by atoms with Gasteiger partial charge in [-0.2, -0.15) is 14.6 Å². The van der Waals surface area contributed by atoms with Gasteiger partial charge in [0.15, 0.2) is 0 Å². The van der Waals surface area contributed by atoms with Crippen LogP contribution < -0.4 is 16.4 Å². The lowest BCUT2D eigenvalue weighted by molar-refractivity contribution is -0.136. The summed E-state index contributed by atoms with van der Waals surface area (Å²) in [6.45, 7) is 0.543. The third-order valence-corrected chi connectivity index (χ3v) is 7.99. The number of benzene rings is 1. The molecule has 10 nitrogen and oxygen atoms in total. The number of carbonyl (C=O) groups is 3. The van der Waals surface area contributed by atoms with Crippen LogP contribution in [0.4, 0.5) is 4.39 Å². The first kappa shape index (κ1) is 24.1. The van der Waals surface area contributed by atoms with Gasteiger partial charge in [-0.15, -0.1) is 0 Å². The monoisotopic (exact) mass is 513 g/mol. The molecule has 3 aliphatic carbocycles. The molecule has 3 aromatic rings. The van der Waals surface area contributed by atoms with Crippen LogP contribution in [-0.4, -0.2) is 43.8 Å². The van der Waals surface area contributed by atoms with Crippen LogP contribution >= 0.6 is 11.6 Å². The number of halogens is 2. The average molecular weight is 514 g/mol. The Morgan fingerprint density at radius 3 is 2.44 bits per heavy atom. The quantitative estimate of drug-likeness (QED) is 0.442. The summed E-state index contributed by atoms with van der Waals surface area (Å²) in [5, 5.41) is 9.71. The second kappa shape index (κ2) is 9.12. The smallest absolute Gasteiger partial charge is 0.270 e. The Bertz CT molecular complexity index is 1350. The zero-order valence-electron chi connectivity index (χ0n) is 19.4. The molecular weight excluding hydrogens is 489 g/mol. The Morgan fingerprint density at radius 1 is 1.06 bits per heavy atom. The van der Waals surface area contributed by atoms with Crippen molar-refractivity contribution in [3.63, 3.8) is 0 Å². The summed E-state index contributed by atoms with van der Waals surface area (Å²) in [6.07, 6.45) is 5.95. The van der Waals surface area contributed by atoms with Crippen molar-refractivity contribution in [3.8, 4) is 0 Å². The van der Waals surface area contributed by atoms with E-state index in [2.05, 4.69) is 25.7 Å². The topological polar surface area (TPSA) is 144 Å². The molecule has 0 unspecified atom stereocenters. The SMILES string of the molecule is NC(=O)C12CCC(CNC(=O)c3cc(C(=O)NCc4ccc(F)c(Cl)c4)nc4ncnn34)(CC1)CC2. The van der Waals surface area contributed by atoms with Gasteiger partial charge >= 0.3 is 0 Å². The number of hydrogen-bond acceptors (Lipinski definition) is 6. The van der Waals surface area contributed by atoms with Crippen LogP contribution in [0.2, 0.25) is 5.02 Å². The zero-order valence-corrected chi connectivity index (χ0v) is 20.1. The van der Waals surface area contributed by atoms with E-state index in [1.807, 2.05) is 0 Å². The molecule has 2 heterocycles. The highest BCUT2D eigenvalue weighted by Gasteiger charge is 2.51. The van der Waals surface area contributed by atoms with Crippen LogP contribution in [0.25, 0.3) is 5.78 Å².